The molecule has 0 unspecified atom stereocenters. The standard InChI is InChI=1S/C6HF5O.C3H8/c7-1-2(8)4(10)6(12)5(11)3(1)9;1-3-2/h12H;3H2,1-2H3. The molecule has 0 fully saturated rings. The maximum Gasteiger partial charge on any atom is 0.206 e. The number of benzene rings is 1. The third-order valence-corrected chi connectivity index (χ3v) is 1.19. The van der Waals surface area contributed by atoms with Gasteiger partial charge in [-0.25, -0.2) is 13.2 Å². The van der Waals surface area contributed by atoms with Gasteiger partial charge in [0, 0.05) is 0 Å². The van der Waals surface area contributed by atoms with Gasteiger partial charge < -0.3 is 5.11 Å². The lowest BCUT2D eigenvalue weighted by molar-refractivity contribution is 0.325. The molecule has 0 spiro atoms. The van der Waals surface area contributed by atoms with Gasteiger partial charge in [-0.3, -0.25) is 0 Å². The second kappa shape index (κ2) is 5.53. The predicted molar refractivity (Wildman–Crippen MR) is 43.9 cm³/mol. The highest BCUT2D eigenvalue weighted by molar-refractivity contribution is 5.27. The van der Waals surface area contributed by atoms with Crippen LogP contribution in [0.15, 0.2) is 0 Å². The van der Waals surface area contributed by atoms with Gasteiger partial charge in [0.25, 0.3) is 0 Å². The summed E-state index contributed by atoms with van der Waals surface area (Å²) in [5.74, 6) is -12.9. The average molecular weight is 228 g/mol. The van der Waals surface area contributed by atoms with E-state index in [4.69, 9.17) is 5.11 Å². The first kappa shape index (κ1) is 13.7. The van der Waals surface area contributed by atoms with E-state index in [-0.39, 0.29) is 0 Å². The van der Waals surface area contributed by atoms with Gasteiger partial charge in [0.05, 0.1) is 0 Å². The van der Waals surface area contributed by atoms with Crippen molar-refractivity contribution in [2.75, 3.05) is 0 Å². The van der Waals surface area contributed by atoms with Crippen molar-refractivity contribution in [3.8, 4) is 5.75 Å². The quantitative estimate of drug-likeness (QED) is 0.409. The molecule has 15 heavy (non-hydrogen) atoms. The molecule has 0 saturated carbocycles. The van der Waals surface area contributed by atoms with E-state index in [1.807, 2.05) is 0 Å². The van der Waals surface area contributed by atoms with E-state index in [1.54, 1.807) is 0 Å². The molecule has 6 heteroatoms. The van der Waals surface area contributed by atoms with Crippen LogP contribution in [0.5, 0.6) is 5.75 Å². The molecule has 0 radical (unpaired) electrons. The fraction of sp³-hybridized carbons (Fsp3) is 0.333. The first-order valence-corrected chi connectivity index (χ1v) is 4.08. The van der Waals surface area contributed by atoms with Crippen LogP contribution < -0.4 is 0 Å². The lowest BCUT2D eigenvalue weighted by atomic mass is 10.3. The van der Waals surface area contributed by atoms with Gasteiger partial charge in [0.2, 0.25) is 29.1 Å². The van der Waals surface area contributed by atoms with E-state index >= 15 is 0 Å². The van der Waals surface area contributed by atoms with Crippen LogP contribution in [0.1, 0.15) is 20.3 Å². The van der Waals surface area contributed by atoms with Crippen LogP contribution in [-0.2, 0) is 0 Å². The predicted octanol–water partition coefficient (Wildman–Crippen LogP) is 3.50. The number of aromatic hydroxyl groups is 1. The number of phenolic OH excluding ortho intramolecular Hbond substituents is 1. The zero-order valence-corrected chi connectivity index (χ0v) is 8.04. The Hall–Kier alpha value is -1.33. The van der Waals surface area contributed by atoms with Crippen LogP contribution in [0.25, 0.3) is 0 Å². The van der Waals surface area contributed by atoms with Crippen molar-refractivity contribution >= 4 is 0 Å². The summed E-state index contributed by atoms with van der Waals surface area (Å²) in [6, 6.07) is 0. The first-order valence-electron chi connectivity index (χ1n) is 4.08. The second-order valence-electron chi connectivity index (χ2n) is 2.63. The van der Waals surface area contributed by atoms with E-state index in [2.05, 4.69) is 13.8 Å². The third-order valence-electron chi connectivity index (χ3n) is 1.19. The Morgan fingerprint density at radius 2 is 0.933 bits per heavy atom. The van der Waals surface area contributed by atoms with Crippen molar-refractivity contribution in [1.82, 2.24) is 0 Å². The number of hydrogen-bond donors (Lipinski definition) is 1. The molecule has 0 saturated heterocycles. The largest absolute Gasteiger partial charge is 0.503 e. The summed E-state index contributed by atoms with van der Waals surface area (Å²) < 4.78 is 60.6. The van der Waals surface area contributed by atoms with E-state index in [9.17, 15) is 22.0 Å². The molecule has 0 aromatic heterocycles. The van der Waals surface area contributed by atoms with Gasteiger partial charge in [0.15, 0.2) is 5.75 Å². The van der Waals surface area contributed by atoms with Crippen LogP contribution in [0.2, 0.25) is 0 Å². The van der Waals surface area contributed by atoms with Crippen LogP contribution in [0, 0.1) is 29.1 Å². The molecule has 1 aromatic rings. The molecule has 0 aliphatic heterocycles. The topological polar surface area (TPSA) is 20.2 Å². The smallest absolute Gasteiger partial charge is 0.206 e. The van der Waals surface area contributed by atoms with E-state index in [1.165, 1.54) is 6.42 Å². The zero-order chi connectivity index (χ0) is 12.2. The maximum atomic E-state index is 12.2. The first-order chi connectivity index (χ1) is 6.88. The normalized spacial score (nSPS) is 9.53. The molecule has 1 nitrogen and oxygen atoms in total. The monoisotopic (exact) mass is 228 g/mol. The Kier molecular flexibility index (Phi) is 5.04. The summed E-state index contributed by atoms with van der Waals surface area (Å²) in [5, 5.41) is 8.30. The highest BCUT2D eigenvalue weighted by atomic mass is 19.2. The lowest BCUT2D eigenvalue weighted by Crippen LogP contribution is -2.00. The minimum atomic E-state index is -2.29. The number of rotatable bonds is 0. The Balaban J connectivity index is 0.000000583. The number of halogens is 5. The van der Waals surface area contributed by atoms with Gasteiger partial charge in [0.1, 0.15) is 0 Å². The summed E-state index contributed by atoms with van der Waals surface area (Å²) in [5.41, 5.74) is 0. The molecule has 1 aromatic carbocycles. The van der Waals surface area contributed by atoms with Gasteiger partial charge in [-0.15, -0.1) is 0 Å². The summed E-state index contributed by atoms with van der Waals surface area (Å²) in [4.78, 5) is 0. The van der Waals surface area contributed by atoms with E-state index in [0.717, 1.165) is 0 Å². The Labute approximate surface area is 83.2 Å². The van der Waals surface area contributed by atoms with Crippen LogP contribution in [0.3, 0.4) is 0 Å². The number of phenols is 1. The van der Waals surface area contributed by atoms with Crippen LogP contribution in [0.4, 0.5) is 22.0 Å². The summed E-state index contributed by atoms with van der Waals surface area (Å²) in [6.07, 6.45) is 1.25. The minimum Gasteiger partial charge on any atom is -0.503 e. The van der Waals surface area contributed by atoms with Crippen molar-refractivity contribution in [2.45, 2.75) is 20.3 Å². The molecule has 0 heterocycles. The molecule has 0 aliphatic carbocycles. The van der Waals surface area contributed by atoms with Gasteiger partial charge >= 0.3 is 0 Å². The van der Waals surface area contributed by atoms with Gasteiger partial charge in [-0.05, 0) is 0 Å². The molecular formula is C9H9F5O. The van der Waals surface area contributed by atoms with Crippen molar-refractivity contribution in [2.24, 2.45) is 0 Å². The van der Waals surface area contributed by atoms with Crippen molar-refractivity contribution < 1.29 is 27.1 Å². The van der Waals surface area contributed by atoms with Gasteiger partial charge in [-0.2, -0.15) is 8.78 Å². The van der Waals surface area contributed by atoms with Crippen molar-refractivity contribution in [1.29, 1.82) is 0 Å². The SMILES string of the molecule is CCC.Oc1c(F)c(F)c(F)c(F)c1F. The molecule has 1 rings (SSSR count). The maximum absolute atomic E-state index is 12.2. The molecule has 1 N–H and O–H groups in total. The van der Waals surface area contributed by atoms with Crippen molar-refractivity contribution in [3.63, 3.8) is 0 Å². The molecule has 0 aliphatic rings. The average Bonchev–Trinajstić information content (AvgIpc) is 2.22. The fourth-order valence-electron chi connectivity index (χ4n) is 0.593. The van der Waals surface area contributed by atoms with Gasteiger partial charge in [-0.1, -0.05) is 20.3 Å². The lowest BCUT2D eigenvalue weighted by Gasteiger charge is -2.00. The van der Waals surface area contributed by atoms with Crippen LogP contribution >= 0.6 is 0 Å². The minimum absolute atomic E-state index is 1.25. The Morgan fingerprint density at radius 3 is 1.20 bits per heavy atom. The van der Waals surface area contributed by atoms with E-state index < -0.39 is 34.8 Å². The van der Waals surface area contributed by atoms with Crippen molar-refractivity contribution in [3.05, 3.63) is 29.1 Å². The zero-order valence-electron chi connectivity index (χ0n) is 8.04. The number of hydrogen-bond acceptors (Lipinski definition) is 1. The summed E-state index contributed by atoms with van der Waals surface area (Å²) >= 11 is 0. The second-order valence-corrected chi connectivity index (χ2v) is 2.63. The Bertz CT molecular complexity index is 246. The highest BCUT2D eigenvalue weighted by Gasteiger charge is 2.24. The molecule has 0 atom stereocenters. The van der Waals surface area contributed by atoms with E-state index in [0.29, 0.717) is 0 Å². The fourth-order valence-corrected chi connectivity index (χ4v) is 0.593. The molecule has 0 amide bonds. The summed E-state index contributed by atoms with van der Waals surface area (Å²) in [6.45, 7) is 4.25. The highest BCUT2D eigenvalue weighted by Crippen LogP contribution is 2.27. The molecular weight excluding hydrogens is 219 g/mol. The molecule has 86 valence electrons. The molecule has 0 bridgehead atoms. The summed E-state index contributed by atoms with van der Waals surface area (Å²) in [7, 11) is 0. The van der Waals surface area contributed by atoms with Crippen LogP contribution in [-0.4, -0.2) is 5.11 Å². The Morgan fingerprint density at radius 1 is 0.733 bits per heavy atom. The third kappa shape index (κ3) is 2.81.